The Morgan fingerprint density at radius 2 is 2.00 bits per heavy atom. The zero-order valence-corrected chi connectivity index (χ0v) is 15.4. The molecule has 2 aliphatic rings. The minimum Gasteiger partial charge on any atom is -0.375 e. The van der Waals surface area contributed by atoms with Crippen LogP contribution in [0.3, 0.4) is 0 Å². The van der Waals surface area contributed by atoms with Crippen molar-refractivity contribution in [1.82, 2.24) is 15.1 Å². The fourth-order valence-electron chi connectivity index (χ4n) is 3.12. The first-order valence-electron chi connectivity index (χ1n) is 8.12. The summed E-state index contributed by atoms with van der Waals surface area (Å²) in [7, 11) is 0. The number of amides is 2. The van der Waals surface area contributed by atoms with Crippen LogP contribution < -0.4 is 5.32 Å². The van der Waals surface area contributed by atoms with Crippen LogP contribution in [0, 0.1) is 0 Å². The molecule has 3 rings (SSSR count). The van der Waals surface area contributed by atoms with Crippen LogP contribution in [-0.4, -0.2) is 73.1 Å². The zero-order valence-electron chi connectivity index (χ0n) is 13.8. The molecule has 134 valence electrons. The Bertz CT molecular complexity index is 555. The first-order chi connectivity index (χ1) is 11.2. The predicted molar refractivity (Wildman–Crippen MR) is 95.9 cm³/mol. The Kier molecular flexibility index (Phi) is 7.03. The van der Waals surface area contributed by atoms with E-state index in [-0.39, 0.29) is 36.4 Å². The molecule has 2 fully saturated rings. The Balaban J connectivity index is 0.00000208. The summed E-state index contributed by atoms with van der Waals surface area (Å²) < 4.78 is 5.57. The summed E-state index contributed by atoms with van der Waals surface area (Å²) in [5.74, 6) is 0.148. The van der Waals surface area contributed by atoms with Gasteiger partial charge in [-0.05, 0) is 24.8 Å². The largest absolute Gasteiger partial charge is 0.375 e. The van der Waals surface area contributed by atoms with Gasteiger partial charge in [0.2, 0.25) is 5.91 Å². The molecule has 1 aromatic rings. The van der Waals surface area contributed by atoms with Crippen LogP contribution in [0.5, 0.6) is 0 Å². The molecule has 0 spiro atoms. The quantitative estimate of drug-likeness (QED) is 0.846. The van der Waals surface area contributed by atoms with Gasteiger partial charge in [-0.3, -0.25) is 9.59 Å². The van der Waals surface area contributed by atoms with E-state index >= 15 is 0 Å². The van der Waals surface area contributed by atoms with Crippen LogP contribution in [0.1, 0.15) is 23.7 Å². The first-order valence-corrected chi connectivity index (χ1v) is 9.06. The maximum atomic E-state index is 12.7. The molecular formula is C16H24ClN3O3S. The average molecular weight is 374 g/mol. The molecule has 0 aliphatic carbocycles. The van der Waals surface area contributed by atoms with Gasteiger partial charge >= 0.3 is 0 Å². The average Bonchev–Trinajstić information content (AvgIpc) is 2.98. The SMILES string of the molecule is C[C@H]1OCCN[C@@H]1C(=O)N1CCCN(C(=O)c2ccsc2)CC1.Cl. The fraction of sp³-hybridized carbons (Fsp3) is 0.625. The lowest BCUT2D eigenvalue weighted by Gasteiger charge is -2.33. The Labute approximate surface area is 152 Å². The second-order valence-corrected chi connectivity index (χ2v) is 6.77. The van der Waals surface area contributed by atoms with E-state index in [4.69, 9.17) is 4.74 Å². The highest BCUT2D eigenvalue weighted by Crippen LogP contribution is 2.14. The number of rotatable bonds is 2. The monoisotopic (exact) mass is 373 g/mol. The molecule has 1 N–H and O–H groups in total. The summed E-state index contributed by atoms with van der Waals surface area (Å²) in [6, 6.07) is 1.58. The van der Waals surface area contributed by atoms with Gasteiger partial charge in [-0.15, -0.1) is 12.4 Å². The Morgan fingerprint density at radius 3 is 2.71 bits per heavy atom. The number of carbonyl (C=O) groups is 2. The van der Waals surface area contributed by atoms with Crippen molar-refractivity contribution >= 4 is 35.6 Å². The molecule has 2 aliphatic heterocycles. The van der Waals surface area contributed by atoms with Crippen LogP contribution >= 0.6 is 23.7 Å². The second kappa shape index (κ2) is 8.80. The highest BCUT2D eigenvalue weighted by molar-refractivity contribution is 7.08. The van der Waals surface area contributed by atoms with E-state index in [1.54, 1.807) is 0 Å². The van der Waals surface area contributed by atoms with Gasteiger partial charge < -0.3 is 19.9 Å². The number of hydrogen-bond acceptors (Lipinski definition) is 5. The van der Waals surface area contributed by atoms with E-state index in [1.807, 2.05) is 33.6 Å². The lowest BCUT2D eigenvalue weighted by Crippen LogP contribution is -2.56. The molecule has 0 aromatic carbocycles. The topological polar surface area (TPSA) is 61.9 Å². The molecule has 3 heterocycles. The maximum absolute atomic E-state index is 12.7. The third kappa shape index (κ3) is 4.27. The Hall–Kier alpha value is -1.15. The fourth-order valence-corrected chi connectivity index (χ4v) is 3.75. The molecule has 0 saturated carbocycles. The van der Waals surface area contributed by atoms with Gasteiger partial charge in [0.25, 0.3) is 5.91 Å². The second-order valence-electron chi connectivity index (χ2n) is 5.99. The van der Waals surface area contributed by atoms with Gasteiger partial charge in [0.15, 0.2) is 0 Å². The number of thiophene rings is 1. The van der Waals surface area contributed by atoms with Crippen molar-refractivity contribution < 1.29 is 14.3 Å². The van der Waals surface area contributed by atoms with E-state index in [2.05, 4.69) is 5.32 Å². The van der Waals surface area contributed by atoms with Gasteiger partial charge in [0, 0.05) is 38.1 Å². The maximum Gasteiger partial charge on any atom is 0.254 e. The third-order valence-electron chi connectivity index (χ3n) is 4.45. The van der Waals surface area contributed by atoms with Gasteiger partial charge in [0.05, 0.1) is 18.3 Å². The number of nitrogens with one attached hydrogen (secondary N) is 1. The molecule has 0 bridgehead atoms. The summed E-state index contributed by atoms with van der Waals surface area (Å²) in [6.07, 6.45) is 0.701. The molecule has 2 amide bonds. The smallest absolute Gasteiger partial charge is 0.254 e. The van der Waals surface area contributed by atoms with Crippen molar-refractivity contribution in [2.45, 2.75) is 25.5 Å². The van der Waals surface area contributed by atoms with E-state index in [9.17, 15) is 9.59 Å². The molecule has 8 heteroatoms. The normalized spacial score (nSPS) is 24.9. The summed E-state index contributed by atoms with van der Waals surface area (Å²) in [4.78, 5) is 28.9. The number of halogens is 1. The summed E-state index contributed by atoms with van der Waals surface area (Å²) in [5, 5.41) is 7.04. The van der Waals surface area contributed by atoms with E-state index in [0.717, 1.165) is 12.0 Å². The molecule has 0 radical (unpaired) electrons. The van der Waals surface area contributed by atoms with Crippen molar-refractivity contribution in [1.29, 1.82) is 0 Å². The van der Waals surface area contributed by atoms with Crippen LogP contribution in [0.4, 0.5) is 0 Å². The number of nitrogens with zero attached hydrogens (tertiary/aromatic N) is 2. The van der Waals surface area contributed by atoms with Crippen molar-refractivity contribution in [2.75, 3.05) is 39.3 Å². The summed E-state index contributed by atoms with van der Waals surface area (Å²) >= 11 is 1.53. The molecule has 1 aromatic heterocycles. The lowest BCUT2D eigenvalue weighted by atomic mass is 10.1. The minimum absolute atomic E-state index is 0. The van der Waals surface area contributed by atoms with E-state index in [1.165, 1.54) is 11.3 Å². The van der Waals surface area contributed by atoms with Crippen LogP contribution in [0.2, 0.25) is 0 Å². The first kappa shape index (κ1) is 19.2. The third-order valence-corrected chi connectivity index (χ3v) is 5.13. The standard InChI is InChI=1S/C16H23N3O3S.ClH/c1-12-14(17-4-9-22-12)16(21)19-6-2-5-18(7-8-19)15(20)13-3-10-23-11-13;/h3,10-12,14,17H,2,4-9H2,1H3;1H/t12-,14+;/m1./s1. The van der Waals surface area contributed by atoms with Crippen molar-refractivity contribution in [3.05, 3.63) is 22.4 Å². The van der Waals surface area contributed by atoms with Crippen LogP contribution in [-0.2, 0) is 9.53 Å². The molecule has 2 atom stereocenters. The molecule has 24 heavy (non-hydrogen) atoms. The zero-order chi connectivity index (χ0) is 16.2. The minimum atomic E-state index is -0.275. The van der Waals surface area contributed by atoms with Gasteiger partial charge in [-0.1, -0.05) is 0 Å². The number of hydrogen-bond donors (Lipinski definition) is 1. The van der Waals surface area contributed by atoms with E-state index in [0.29, 0.717) is 39.3 Å². The Morgan fingerprint density at radius 1 is 1.25 bits per heavy atom. The lowest BCUT2D eigenvalue weighted by molar-refractivity contribution is -0.139. The predicted octanol–water partition coefficient (Wildman–Crippen LogP) is 1.22. The van der Waals surface area contributed by atoms with Crippen molar-refractivity contribution in [2.24, 2.45) is 0 Å². The highest BCUT2D eigenvalue weighted by Gasteiger charge is 2.33. The van der Waals surface area contributed by atoms with Gasteiger partial charge in [0.1, 0.15) is 6.04 Å². The number of ether oxygens (including phenoxy) is 1. The number of morpholine rings is 1. The van der Waals surface area contributed by atoms with Crippen molar-refractivity contribution in [3.8, 4) is 0 Å². The molecule has 6 nitrogen and oxygen atoms in total. The van der Waals surface area contributed by atoms with Gasteiger partial charge in [-0.25, -0.2) is 0 Å². The molecule has 0 unspecified atom stereocenters. The van der Waals surface area contributed by atoms with E-state index < -0.39 is 0 Å². The molecular weight excluding hydrogens is 350 g/mol. The van der Waals surface area contributed by atoms with Crippen molar-refractivity contribution in [3.63, 3.8) is 0 Å². The molecule has 2 saturated heterocycles. The summed E-state index contributed by atoms with van der Waals surface area (Å²) in [6.45, 7) is 5.84. The summed E-state index contributed by atoms with van der Waals surface area (Å²) in [5.41, 5.74) is 0.741. The number of carbonyl (C=O) groups excluding carboxylic acids is 2. The van der Waals surface area contributed by atoms with Crippen LogP contribution in [0.25, 0.3) is 0 Å². The van der Waals surface area contributed by atoms with Gasteiger partial charge in [-0.2, -0.15) is 11.3 Å². The highest BCUT2D eigenvalue weighted by atomic mass is 35.5. The van der Waals surface area contributed by atoms with Crippen LogP contribution in [0.15, 0.2) is 16.8 Å².